The average molecular weight is 196 g/mol. The molecule has 0 amide bonds. The fraction of sp³-hybridized carbons (Fsp3) is 0.200. The Kier molecular flexibility index (Phi) is 2.65. The number of hydrogen-bond acceptors (Lipinski definition) is 3. The van der Waals surface area contributed by atoms with Gasteiger partial charge in [0.2, 0.25) is 5.78 Å². The second-order valence-corrected chi connectivity index (χ2v) is 3.04. The highest BCUT2D eigenvalue weighted by molar-refractivity contribution is 7.12. The molecule has 0 saturated heterocycles. The van der Waals surface area contributed by atoms with Crippen LogP contribution in [0.2, 0.25) is 5.15 Å². The van der Waals surface area contributed by atoms with Crippen molar-refractivity contribution in [2.45, 2.75) is 0 Å². The van der Waals surface area contributed by atoms with Gasteiger partial charge in [0, 0.05) is 5.38 Å². The lowest BCUT2D eigenvalue weighted by molar-refractivity contribution is 0.102. The van der Waals surface area contributed by atoms with E-state index in [1.54, 1.807) is 5.38 Å². The van der Waals surface area contributed by atoms with Crippen LogP contribution in [-0.2, 0) is 0 Å². The van der Waals surface area contributed by atoms with Crippen molar-refractivity contribution in [3.05, 3.63) is 15.5 Å². The minimum absolute atomic E-state index is 0.0379. The van der Waals surface area contributed by atoms with E-state index in [1.807, 2.05) is 0 Å². The second kappa shape index (κ2) is 3.32. The molecule has 0 spiro atoms. The Bertz CT molecular complexity index is 248. The van der Waals surface area contributed by atoms with Crippen LogP contribution in [0.1, 0.15) is 9.80 Å². The van der Waals surface area contributed by atoms with Gasteiger partial charge in [0.25, 0.3) is 0 Å². The van der Waals surface area contributed by atoms with Gasteiger partial charge in [-0.3, -0.25) is 4.79 Å². The molecule has 5 heteroatoms. The van der Waals surface area contributed by atoms with E-state index in [0.717, 1.165) is 0 Å². The number of ketones is 1. The van der Waals surface area contributed by atoms with Crippen LogP contribution in [0, 0.1) is 0 Å². The summed E-state index contributed by atoms with van der Waals surface area (Å²) in [5, 5.41) is 2.32. The number of Topliss-reactive ketones (excluding diaryl/α,β-unsaturated/α-hetero) is 1. The summed E-state index contributed by atoms with van der Waals surface area (Å²) in [6, 6.07) is 0. The molecule has 0 aromatic carbocycles. The number of carbonyl (C=O) groups excluding carboxylic acids is 1. The van der Waals surface area contributed by atoms with Crippen molar-refractivity contribution in [2.75, 3.05) is 5.88 Å². The Labute approximate surface area is 71.8 Å². The summed E-state index contributed by atoms with van der Waals surface area (Å²) in [5.74, 6) is -0.220. The molecule has 0 aliphatic carbocycles. The van der Waals surface area contributed by atoms with E-state index < -0.39 is 0 Å². The first-order chi connectivity index (χ1) is 4.74. The monoisotopic (exact) mass is 195 g/mol. The van der Waals surface area contributed by atoms with Gasteiger partial charge < -0.3 is 0 Å². The summed E-state index contributed by atoms with van der Waals surface area (Å²) in [4.78, 5) is 14.5. The van der Waals surface area contributed by atoms with Gasteiger partial charge in [-0.2, -0.15) is 0 Å². The summed E-state index contributed by atoms with van der Waals surface area (Å²) < 4.78 is 0. The normalized spacial score (nSPS) is 9.80. The van der Waals surface area contributed by atoms with E-state index in [2.05, 4.69) is 4.98 Å². The first kappa shape index (κ1) is 7.98. The van der Waals surface area contributed by atoms with E-state index in [1.165, 1.54) is 11.3 Å². The van der Waals surface area contributed by atoms with Crippen molar-refractivity contribution in [1.82, 2.24) is 4.98 Å². The number of rotatable bonds is 2. The molecule has 0 atom stereocenters. The van der Waals surface area contributed by atoms with E-state index in [4.69, 9.17) is 23.2 Å². The number of thiazole rings is 1. The maximum Gasteiger partial charge on any atom is 0.206 e. The predicted octanol–water partition coefficient (Wildman–Crippen LogP) is 2.22. The Morgan fingerprint density at radius 1 is 1.80 bits per heavy atom. The van der Waals surface area contributed by atoms with Crippen LogP contribution >= 0.6 is 34.5 Å². The third-order valence-electron chi connectivity index (χ3n) is 0.836. The van der Waals surface area contributed by atoms with Crippen molar-refractivity contribution in [1.29, 1.82) is 0 Å². The van der Waals surface area contributed by atoms with E-state index in [-0.39, 0.29) is 11.7 Å². The molecule has 0 radical (unpaired) electrons. The summed E-state index contributed by atoms with van der Waals surface area (Å²) in [7, 11) is 0. The quantitative estimate of drug-likeness (QED) is 0.536. The topological polar surface area (TPSA) is 30.0 Å². The molecule has 0 saturated carbocycles. The predicted molar refractivity (Wildman–Crippen MR) is 42.2 cm³/mol. The zero-order valence-corrected chi connectivity index (χ0v) is 7.13. The standard InChI is InChI=1S/C5H3Cl2NOS/c6-1-3(9)5-8-4(7)2-10-5/h2H,1H2. The summed E-state index contributed by atoms with van der Waals surface area (Å²) in [6.07, 6.45) is 0. The van der Waals surface area contributed by atoms with Gasteiger partial charge in [-0.1, -0.05) is 11.6 Å². The zero-order chi connectivity index (χ0) is 7.56. The molecule has 0 bridgehead atoms. The van der Waals surface area contributed by atoms with Crippen molar-refractivity contribution >= 4 is 40.3 Å². The third-order valence-corrected chi connectivity index (χ3v) is 2.29. The minimum Gasteiger partial charge on any atom is -0.290 e. The summed E-state index contributed by atoms with van der Waals surface area (Å²) in [6.45, 7) is 0. The molecule has 54 valence electrons. The number of halogens is 2. The van der Waals surface area contributed by atoms with Crippen LogP contribution in [-0.4, -0.2) is 16.6 Å². The molecule has 1 heterocycles. The van der Waals surface area contributed by atoms with Crippen molar-refractivity contribution in [2.24, 2.45) is 0 Å². The fourth-order valence-electron chi connectivity index (χ4n) is 0.439. The Morgan fingerprint density at radius 2 is 2.50 bits per heavy atom. The van der Waals surface area contributed by atoms with Crippen molar-refractivity contribution in [3.8, 4) is 0 Å². The van der Waals surface area contributed by atoms with Gasteiger partial charge in [0.15, 0.2) is 5.01 Å². The largest absolute Gasteiger partial charge is 0.290 e. The summed E-state index contributed by atoms with van der Waals surface area (Å²) >= 11 is 11.9. The lowest BCUT2D eigenvalue weighted by Crippen LogP contribution is -1.98. The van der Waals surface area contributed by atoms with Gasteiger partial charge in [0.1, 0.15) is 5.15 Å². The number of alkyl halides is 1. The van der Waals surface area contributed by atoms with Crippen LogP contribution < -0.4 is 0 Å². The highest BCUT2D eigenvalue weighted by Gasteiger charge is 2.07. The van der Waals surface area contributed by atoms with Gasteiger partial charge in [-0.05, 0) is 0 Å². The molecule has 1 aromatic rings. The molecule has 2 nitrogen and oxygen atoms in total. The lowest BCUT2D eigenvalue weighted by Gasteiger charge is -1.84. The molecular weight excluding hydrogens is 193 g/mol. The number of hydrogen-bond donors (Lipinski definition) is 0. The molecule has 0 fully saturated rings. The van der Waals surface area contributed by atoms with Crippen LogP contribution in [0.25, 0.3) is 0 Å². The molecule has 0 N–H and O–H groups in total. The van der Waals surface area contributed by atoms with E-state index >= 15 is 0 Å². The van der Waals surface area contributed by atoms with Crippen LogP contribution in [0.3, 0.4) is 0 Å². The second-order valence-electron chi connectivity index (χ2n) is 1.53. The van der Waals surface area contributed by atoms with Gasteiger partial charge in [-0.25, -0.2) is 4.98 Å². The number of carbonyl (C=O) groups is 1. The van der Waals surface area contributed by atoms with E-state index in [0.29, 0.717) is 10.2 Å². The van der Waals surface area contributed by atoms with Crippen molar-refractivity contribution < 1.29 is 4.79 Å². The first-order valence-electron chi connectivity index (χ1n) is 2.44. The molecule has 10 heavy (non-hydrogen) atoms. The Hall–Kier alpha value is -0.120. The van der Waals surface area contributed by atoms with Gasteiger partial charge >= 0.3 is 0 Å². The lowest BCUT2D eigenvalue weighted by atomic mass is 10.5. The fourth-order valence-corrected chi connectivity index (χ4v) is 1.53. The maximum absolute atomic E-state index is 10.8. The van der Waals surface area contributed by atoms with Gasteiger partial charge in [0.05, 0.1) is 5.88 Å². The van der Waals surface area contributed by atoms with Crippen LogP contribution in [0.5, 0.6) is 0 Å². The highest BCUT2D eigenvalue weighted by Crippen LogP contribution is 2.14. The zero-order valence-electron chi connectivity index (χ0n) is 4.80. The van der Waals surface area contributed by atoms with Crippen LogP contribution in [0.15, 0.2) is 5.38 Å². The highest BCUT2D eigenvalue weighted by atomic mass is 35.5. The molecule has 0 unspecified atom stereocenters. The summed E-state index contributed by atoms with van der Waals surface area (Å²) in [5.41, 5.74) is 0. The Morgan fingerprint density at radius 3 is 2.90 bits per heavy atom. The smallest absolute Gasteiger partial charge is 0.206 e. The Balaban J connectivity index is 2.85. The molecule has 1 aromatic heterocycles. The van der Waals surface area contributed by atoms with E-state index in [9.17, 15) is 4.79 Å². The number of aromatic nitrogens is 1. The van der Waals surface area contributed by atoms with Crippen LogP contribution in [0.4, 0.5) is 0 Å². The molecular formula is C5H3Cl2NOS. The molecule has 1 rings (SSSR count). The molecule has 0 aliphatic rings. The minimum atomic E-state index is -0.182. The SMILES string of the molecule is O=C(CCl)c1nc(Cl)cs1. The molecule has 0 aliphatic heterocycles. The third kappa shape index (κ3) is 1.68. The average Bonchev–Trinajstić information content (AvgIpc) is 2.34. The van der Waals surface area contributed by atoms with Crippen molar-refractivity contribution in [3.63, 3.8) is 0 Å². The maximum atomic E-state index is 10.8. The van der Waals surface area contributed by atoms with Gasteiger partial charge in [-0.15, -0.1) is 22.9 Å². The first-order valence-corrected chi connectivity index (χ1v) is 4.23. The number of nitrogens with zero attached hydrogens (tertiary/aromatic N) is 1.